The molecule has 4 nitrogen and oxygen atoms in total. The minimum atomic E-state index is -3.93. The van der Waals surface area contributed by atoms with Gasteiger partial charge in [0.15, 0.2) is 0 Å². The number of nitrogens with zero attached hydrogens (tertiary/aromatic N) is 1. The highest BCUT2D eigenvalue weighted by Gasteiger charge is 2.18. The van der Waals surface area contributed by atoms with Gasteiger partial charge in [0, 0.05) is 0 Å². The van der Waals surface area contributed by atoms with Crippen LogP contribution in [-0.4, -0.2) is 8.42 Å². The van der Waals surface area contributed by atoms with Gasteiger partial charge in [-0.3, -0.25) is 4.72 Å². The Morgan fingerprint density at radius 2 is 1.95 bits per heavy atom. The van der Waals surface area contributed by atoms with Crippen molar-refractivity contribution in [3.05, 3.63) is 57.3 Å². The molecule has 0 radical (unpaired) electrons. The Balaban J connectivity index is 2.38. The van der Waals surface area contributed by atoms with E-state index in [-0.39, 0.29) is 25.6 Å². The second-order valence-electron chi connectivity index (χ2n) is 3.99. The van der Waals surface area contributed by atoms with E-state index in [0.717, 1.165) is 6.07 Å². The van der Waals surface area contributed by atoms with Gasteiger partial charge in [0.25, 0.3) is 10.0 Å². The van der Waals surface area contributed by atoms with Crippen LogP contribution >= 0.6 is 27.5 Å². The zero-order valence-electron chi connectivity index (χ0n) is 10.3. The minimum absolute atomic E-state index is 0.0669. The molecule has 0 unspecified atom stereocenters. The topological polar surface area (TPSA) is 70.0 Å². The number of rotatable bonds is 3. The summed E-state index contributed by atoms with van der Waals surface area (Å²) in [5.74, 6) is -0.505. The van der Waals surface area contributed by atoms with Crippen LogP contribution in [0.1, 0.15) is 5.56 Å². The average molecular weight is 390 g/mol. The summed E-state index contributed by atoms with van der Waals surface area (Å²) in [5, 5.41) is 8.67. The lowest BCUT2D eigenvalue weighted by Crippen LogP contribution is -2.13. The summed E-state index contributed by atoms with van der Waals surface area (Å²) in [6.07, 6.45) is 0. The van der Waals surface area contributed by atoms with Crippen molar-refractivity contribution in [2.75, 3.05) is 4.72 Å². The maximum Gasteiger partial charge on any atom is 0.263 e. The highest BCUT2D eigenvalue weighted by Crippen LogP contribution is 2.26. The molecule has 108 valence electrons. The van der Waals surface area contributed by atoms with Crippen LogP contribution in [0.4, 0.5) is 10.1 Å². The summed E-state index contributed by atoms with van der Waals surface area (Å²) in [4.78, 5) is -0.163. The van der Waals surface area contributed by atoms with Gasteiger partial charge in [-0.1, -0.05) is 11.6 Å². The van der Waals surface area contributed by atoms with Gasteiger partial charge in [-0.25, -0.2) is 12.8 Å². The number of anilines is 1. The number of nitrogens with one attached hydrogen (secondary N) is 1. The van der Waals surface area contributed by atoms with Gasteiger partial charge in [-0.2, -0.15) is 5.26 Å². The summed E-state index contributed by atoms with van der Waals surface area (Å²) in [7, 11) is -3.93. The van der Waals surface area contributed by atoms with Gasteiger partial charge in [-0.15, -0.1) is 0 Å². The Hall–Kier alpha value is -1.62. The molecule has 1 N–H and O–H groups in total. The molecule has 0 fully saturated rings. The first-order valence-corrected chi connectivity index (χ1v) is 8.16. The molecule has 0 atom stereocenters. The van der Waals surface area contributed by atoms with Gasteiger partial charge in [-0.05, 0) is 52.3 Å². The standard InChI is InChI=1S/C13H7BrClFN2O2S/c14-10-6-9(2-3-12(10)16)18-21(19,20)13-4-1-8(7-17)5-11(13)15/h1-6,18H. The molecule has 0 aliphatic carbocycles. The molecule has 2 aromatic carbocycles. The van der Waals surface area contributed by atoms with Gasteiger partial charge < -0.3 is 0 Å². The smallest absolute Gasteiger partial charge is 0.263 e. The lowest BCUT2D eigenvalue weighted by molar-refractivity contribution is 0.601. The number of sulfonamides is 1. The fourth-order valence-corrected chi connectivity index (χ4v) is 3.53. The maximum atomic E-state index is 13.1. The first kappa shape index (κ1) is 15.8. The molecule has 0 aromatic heterocycles. The molecule has 2 aromatic rings. The highest BCUT2D eigenvalue weighted by molar-refractivity contribution is 9.10. The predicted molar refractivity (Wildman–Crippen MR) is 81.1 cm³/mol. The Bertz CT molecular complexity index is 850. The summed E-state index contributed by atoms with van der Waals surface area (Å²) in [6, 6.07) is 9.42. The monoisotopic (exact) mass is 388 g/mol. The van der Waals surface area contributed by atoms with Crippen LogP contribution in [0.5, 0.6) is 0 Å². The minimum Gasteiger partial charge on any atom is -0.280 e. The molecule has 0 saturated carbocycles. The third-order valence-corrected chi connectivity index (χ3v) is 4.99. The number of benzene rings is 2. The van der Waals surface area contributed by atoms with E-state index in [2.05, 4.69) is 20.7 Å². The molecule has 0 spiro atoms. The summed E-state index contributed by atoms with van der Waals surface area (Å²) < 4.78 is 40.0. The fraction of sp³-hybridized carbons (Fsp3) is 0. The second kappa shape index (κ2) is 6.02. The fourth-order valence-electron chi connectivity index (χ4n) is 1.56. The first-order chi connectivity index (χ1) is 9.83. The zero-order chi connectivity index (χ0) is 15.6. The second-order valence-corrected chi connectivity index (χ2v) is 6.90. The van der Waals surface area contributed by atoms with Gasteiger partial charge in [0.05, 0.1) is 26.8 Å². The Morgan fingerprint density at radius 1 is 1.24 bits per heavy atom. The van der Waals surface area contributed by atoms with Crippen LogP contribution in [0.25, 0.3) is 0 Å². The molecule has 8 heteroatoms. The van der Waals surface area contributed by atoms with Crippen LogP contribution in [-0.2, 0) is 10.0 Å². The molecule has 0 aliphatic rings. The molecule has 0 heterocycles. The van der Waals surface area contributed by atoms with E-state index in [1.54, 1.807) is 0 Å². The lowest BCUT2D eigenvalue weighted by Gasteiger charge is -2.10. The summed E-state index contributed by atoms with van der Waals surface area (Å²) in [6.45, 7) is 0. The van der Waals surface area contributed by atoms with E-state index in [1.165, 1.54) is 30.3 Å². The molecule has 0 saturated heterocycles. The Kier molecular flexibility index (Phi) is 4.52. The zero-order valence-corrected chi connectivity index (χ0v) is 13.4. The van der Waals surface area contributed by atoms with Crippen molar-refractivity contribution in [3.63, 3.8) is 0 Å². The van der Waals surface area contributed by atoms with E-state index < -0.39 is 15.8 Å². The van der Waals surface area contributed by atoms with E-state index in [4.69, 9.17) is 16.9 Å². The van der Waals surface area contributed by atoms with Crippen LogP contribution in [0, 0.1) is 17.1 Å². The van der Waals surface area contributed by atoms with Gasteiger partial charge in [0.1, 0.15) is 10.7 Å². The van der Waals surface area contributed by atoms with Gasteiger partial charge >= 0.3 is 0 Å². The molecule has 0 amide bonds. The van der Waals surface area contributed by atoms with E-state index in [9.17, 15) is 12.8 Å². The molecule has 2 rings (SSSR count). The third-order valence-electron chi connectivity index (χ3n) is 2.52. The summed E-state index contributed by atoms with van der Waals surface area (Å²) in [5.41, 5.74) is 0.437. The van der Waals surface area contributed by atoms with Gasteiger partial charge in [0.2, 0.25) is 0 Å². The lowest BCUT2D eigenvalue weighted by atomic mass is 10.2. The summed E-state index contributed by atoms with van der Waals surface area (Å²) >= 11 is 8.85. The van der Waals surface area contributed by atoms with Crippen LogP contribution < -0.4 is 4.72 Å². The quantitative estimate of drug-likeness (QED) is 0.865. The third kappa shape index (κ3) is 3.53. The SMILES string of the molecule is N#Cc1ccc(S(=O)(=O)Nc2ccc(F)c(Br)c2)c(Cl)c1. The number of hydrogen-bond donors (Lipinski definition) is 1. The van der Waals surface area contributed by atoms with E-state index >= 15 is 0 Å². The largest absolute Gasteiger partial charge is 0.280 e. The predicted octanol–water partition coefficient (Wildman–Crippen LogP) is 3.91. The Morgan fingerprint density at radius 3 is 2.52 bits per heavy atom. The first-order valence-electron chi connectivity index (χ1n) is 5.51. The molecule has 0 bridgehead atoms. The maximum absolute atomic E-state index is 13.1. The van der Waals surface area contributed by atoms with Crippen LogP contribution in [0.3, 0.4) is 0 Å². The molecule has 21 heavy (non-hydrogen) atoms. The highest BCUT2D eigenvalue weighted by atomic mass is 79.9. The van der Waals surface area contributed by atoms with Crippen LogP contribution in [0.2, 0.25) is 5.02 Å². The van der Waals surface area contributed by atoms with Crippen molar-refractivity contribution in [3.8, 4) is 6.07 Å². The van der Waals surface area contributed by atoms with Crippen molar-refractivity contribution in [2.24, 2.45) is 0 Å². The molecular weight excluding hydrogens is 383 g/mol. The van der Waals surface area contributed by atoms with Crippen molar-refractivity contribution in [1.29, 1.82) is 5.26 Å². The molecule has 0 aliphatic heterocycles. The van der Waals surface area contributed by atoms with Crippen molar-refractivity contribution in [1.82, 2.24) is 0 Å². The Labute approximate surface area is 134 Å². The van der Waals surface area contributed by atoms with E-state index in [1.807, 2.05) is 6.07 Å². The van der Waals surface area contributed by atoms with Crippen LogP contribution in [0.15, 0.2) is 45.8 Å². The van der Waals surface area contributed by atoms with Crippen molar-refractivity contribution < 1.29 is 12.8 Å². The van der Waals surface area contributed by atoms with Crippen molar-refractivity contribution in [2.45, 2.75) is 4.90 Å². The average Bonchev–Trinajstić information content (AvgIpc) is 2.42. The molecular formula is C13H7BrClFN2O2S. The number of hydrogen-bond acceptors (Lipinski definition) is 3. The number of nitriles is 1. The number of halogens is 3. The van der Waals surface area contributed by atoms with E-state index in [0.29, 0.717) is 0 Å². The normalized spacial score (nSPS) is 11.0. The van der Waals surface area contributed by atoms with Crippen molar-refractivity contribution >= 4 is 43.2 Å².